The molecular formula is C21H18. The van der Waals surface area contributed by atoms with Crippen LogP contribution < -0.4 is 0 Å². The predicted molar refractivity (Wildman–Crippen MR) is 91.5 cm³/mol. The molecule has 102 valence electrons. The van der Waals surface area contributed by atoms with Gasteiger partial charge in [-0.25, -0.2) is 0 Å². The van der Waals surface area contributed by atoms with Gasteiger partial charge in [0.1, 0.15) is 0 Å². The maximum Gasteiger partial charge on any atom is -0.00670 e. The Morgan fingerprint density at radius 1 is 0.810 bits per heavy atom. The fourth-order valence-corrected chi connectivity index (χ4v) is 3.55. The lowest BCUT2D eigenvalue weighted by atomic mass is 9.82. The second-order valence-electron chi connectivity index (χ2n) is 5.74. The van der Waals surface area contributed by atoms with Crippen molar-refractivity contribution in [1.82, 2.24) is 0 Å². The first-order chi connectivity index (χ1) is 10.4. The Bertz CT molecular complexity index is 839. The molecule has 0 spiro atoms. The van der Waals surface area contributed by atoms with Crippen LogP contribution in [0.3, 0.4) is 0 Å². The topological polar surface area (TPSA) is 0 Å². The first-order valence-corrected chi connectivity index (χ1v) is 7.62. The van der Waals surface area contributed by atoms with Gasteiger partial charge in [0.15, 0.2) is 0 Å². The average molecular weight is 270 g/mol. The summed E-state index contributed by atoms with van der Waals surface area (Å²) in [7, 11) is 0. The average Bonchev–Trinajstić information content (AvgIpc) is 2.56. The van der Waals surface area contributed by atoms with Crippen LogP contribution in [0.4, 0.5) is 0 Å². The Balaban J connectivity index is 2.18. The molecule has 0 radical (unpaired) electrons. The van der Waals surface area contributed by atoms with Crippen molar-refractivity contribution in [1.29, 1.82) is 0 Å². The molecule has 1 aliphatic carbocycles. The third-order valence-corrected chi connectivity index (χ3v) is 4.54. The van der Waals surface area contributed by atoms with Crippen molar-refractivity contribution in [3.05, 3.63) is 77.4 Å². The van der Waals surface area contributed by atoms with E-state index in [4.69, 9.17) is 0 Å². The molecule has 0 heterocycles. The van der Waals surface area contributed by atoms with Crippen molar-refractivity contribution < 1.29 is 0 Å². The highest BCUT2D eigenvalue weighted by atomic mass is 14.2. The number of rotatable bonds is 1. The summed E-state index contributed by atoms with van der Waals surface area (Å²) in [5, 5.41) is 2.76. The minimum absolute atomic E-state index is 1.14. The minimum atomic E-state index is 1.14. The van der Waals surface area contributed by atoms with Gasteiger partial charge in [0.2, 0.25) is 0 Å². The molecule has 0 fully saturated rings. The Morgan fingerprint density at radius 2 is 1.52 bits per heavy atom. The lowest BCUT2D eigenvalue weighted by Crippen LogP contribution is -2.02. The van der Waals surface area contributed by atoms with Crippen molar-refractivity contribution in [2.24, 2.45) is 0 Å². The zero-order valence-electron chi connectivity index (χ0n) is 12.3. The zero-order chi connectivity index (χ0) is 14.2. The molecule has 21 heavy (non-hydrogen) atoms. The molecule has 0 amide bonds. The second-order valence-corrected chi connectivity index (χ2v) is 5.74. The molecule has 0 saturated carbocycles. The van der Waals surface area contributed by atoms with Crippen molar-refractivity contribution in [2.45, 2.75) is 19.8 Å². The fraction of sp³-hybridized carbons (Fsp3) is 0.143. The van der Waals surface area contributed by atoms with Crippen LogP contribution in [-0.2, 0) is 6.42 Å². The summed E-state index contributed by atoms with van der Waals surface area (Å²) in [4.78, 5) is 0. The fourth-order valence-electron chi connectivity index (χ4n) is 3.55. The molecule has 0 heteroatoms. The molecule has 0 aromatic heterocycles. The van der Waals surface area contributed by atoms with Gasteiger partial charge in [0.25, 0.3) is 0 Å². The van der Waals surface area contributed by atoms with Crippen LogP contribution in [0.2, 0.25) is 0 Å². The standard InChI is InChI=1S/C21H18/c1-15-17-11-5-7-13-19(17)21(16-9-3-2-4-10-16)20-14-8-6-12-18(15)20/h2-7,9-13H,8,14H2,1H3. The first-order valence-electron chi connectivity index (χ1n) is 7.62. The van der Waals surface area contributed by atoms with Crippen LogP contribution in [0.1, 0.15) is 23.1 Å². The van der Waals surface area contributed by atoms with Crippen molar-refractivity contribution in [3.8, 4) is 11.1 Å². The molecular weight excluding hydrogens is 252 g/mol. The largest absolute Gasteiger partial charge is 0.0836 e. The third-order valence-electron chi connectivity index (χ3n) is 4.54. The minimum Gasteiger partial charge on any atom is -0.0836 e. The molecule has 0 aliphatic heterocycles. The van der Waals surface area contributed by atoms with Crippen LogP contribution in [0.15, 0.2) is 60.7 Å². The van der Waals surface area contributed by atoms with E-state index in [2.05, 4.69) is 73.7 Å². The number of hydrogen-bond acceptors (Lipinski definition) is 0. The molecule has 3 aromatic rings. The van der Waals surface area contributed by atoms with E-state index in [9.17, 15) is 0 Å². The molecule has 0 unspecified atom stereocenters. The number of hydrogen-bond donors (Lipinski definition) is 0. The second kappa shape index (κ2) is 4.89. The molecule has 0 nitrogen and oxygen atoms in total. The van der Waals surface area contributed by atoms with Crippen LogP contribution in [0, 0.1) is 6.92 Å². The van der Waals surface area contributed by atoms with Gasteiger partial charge in [-0.15, -0.1) is 0 Å². The molecule has 0 bridgehead atoms. The lowest BCUT2D eigenvalue weighted by molar-refractivity contribution is 0.987. The monoisotopic (exact) mass is 270 g/mol. The SMILES string of the molecule is Cc1c2c(c(-c3ccccc3)c3ccccc13)CCC=C2. The quantitative estimate of drug-likeness (QED) is 0.526. The van der Waals surface area contributed by atoms with E-state index in [1.165, 1.54) is 38.6 Å². The highest BCUT2D eigenvalue weighted by molar-refractivity contribution is 6.02. The van der Waals surface area contributed by atoms with Gasteiger partial charge in [-0.2, -0.15) is 0 Å². The van der Waals surface area contributed by atoms with E-state index >= 15 is 0 Å². The molecule has 4 rings (SSSR count). The van der Waals surface area contributed by atoms with Gasteiger partial charge in [-0.3, -0.25) is 0 Å². The van der Waals surface area contributed by atoms with E-state index in [1.807, 2.05) is 0 Å². The number of allylic oxidation sites excluding steroid dienone is 1. The Labute approximate surface area is 125 Å². The van der Waals surface area contributed by atoms with Crippen molar-refractivity contribution in [2.75, 3.05) is 0 Å². The maximum atomic E-state index is 2.31. The van der Waals surface area contributed by atoms with Crippen molar-refractivity contribution in [3.63, 3.8) is 0 Å². The van der Waals surface area contributed by atoms with E-state index in [0.717, 1.165) is 12.8 Å². The van der Waals surface area contributed by atoms with Crippen LogP contribution >= 0.6 is 0 Å². The maximum absolute atomic E-state index is 2.31. The first kappa shape index (κ1) is 12.4. The third kappa shape index (κ3) is 1.91. The smallest absolute Gasteiger partial charge is 0.00670 e. The van der Waals surface area contributed by atoms with E-state index < -0.39 is 0 Å². The van der Waals surface area contributed by atoms with Gasteiger partial charge in [-0.1, -0.05) is 66.7 Å². The van der Waals surface area contributed by atoms with Gasteiger partial charge in [0.05, 0.1) is 0 Å². The Hall–Kier alpha value is -2.34. The van der Waals surface area contributed by atoms with Crippen LogP contribution in [0.5, 0.6) is 0 Å². The normalized spacial score (nSPS) is 13.4. The molecule has 0 atom stereocenters. The predicted octanol–water partition coefficient (Wildman–Crippen LogP) is 5.77. The summed E-state index contributed by atoms with van der Waals surface area (Å²) >= 11 is 0. The molecule has 0 saturated heterocycles. The summed E-state index contributed by atoms with van der Waals surface area (Å²) in [6.07, 6.45) is 6.90. The Kier molecular flexibility index (Phi) is 2.89. The van der Waals surface area contributed by atoms with Crippen molar-refractivity contribution >= 4 is 16.8 Å². The zero-order valence-corrected chi connectivity index (χ0v) is 12.3. The van der Waals surface area contributed by atoms with E-state index in [0.29, 0.717) is 0 Å². The summed E-state index contributed by atoms with van der Waals surface area (Å²) in [5.41, 5.74) is 7.12. The molecule has 3 aromatic carbocycles. The summed E-state index contributed by atoms with van der Waals surface area (Å²) in [6.45, 7) is 2.26. The molecule has 1 aliphatic rings. The van der Waals surface area contributed by atoms with Gasteiger partial charge in [-0.05, 0) is 58.4 Å². The number of aryl methyl sites for hydroxylation is 1. The Morgan fingerprint density at radius 3 is 2.33 bits per heavy atom. The van der Waals surface area contributed by atoms with Crippen LogP contribution in [-0.4, -0.2) is 0 Å². The highest BCUT2D eigenvalue weighted by Crippen LogP contribution is 2.39. The lowest BCUT2D eigenvalue weighted by Gasteiger charge is -2.21. The highest BCUT2D eigenvalue weighted by Gasteiger charge is 2.17. The van der Waals surface area contributed by atoms with E-state index in [-0.39, 0.29) is 0 Å². The molecule has 0 N–H and O–H groups in total. The van der Waals surface area contributed by atoms with Crippen LogP contribution in [0.25, 0.3) is 28.0 Å². The summed E-state index contributed by atoms with van der Waals surface area (Å²) in [6, 6.07) is 19.6. The van der Waals surface area contributed by atoms with Gasteiger partial charge in [0, 0.05) is 0 Å². The summed E-state index contributed by atoms with van der Waals surface area (Å²) < 4.78 is 0. The number of fused-ring (bicyclic) bond motifs is 2. The van der Waals surface area contributed by atoms with Gasteiger partial charge >= 0.3 is 0 Å². The van der Waals surface area contributed by atoms with Gasteiger partial charge < -0.3 is 0 Å². The van der Waals surface area contributed by atoms with E-state index in [1.54, 1.807) is 0 Å². The summed E-state index contributed by atoms with van der Waals surface area (Å²) in [5.74, 6) is 0. The number of benzene rings is 3.